The number of alkyl halides is 3. The fraction of sp³-hybridized carbons (Fsp3) is 0.300. The molecule has 18 heavy (non-hydrogen) atoms. The Labute approximate surface area is 104 Å². The van der Waals surface area contributed by atoms with Gasteiger partial charge in [-0.05, 0) is 12.1 Å². The van der Waals surface area contributed by atoms with Crippen LogP contribution in [0.3, 0.4) is 0 Å². The summed E-state index contributed by atoms with van der Waals surface area (Å²) in [6, 6.07) is 2.97. The largest absolute Gasteiger partial charge is 0.480 e. The van der Waals surface area contributed by atoms with Crippen LogP contribution in [0, 0.1) is 5.82 Å². The van der Waals surface area contributed by atoms with Gasteiger partial charge in [-0.3, -0.25) is 0 Å². The van der Waals surface area contributed by atoms with E-state index in [0.29, 0.717) is 0 Å². The number of carboxylic acid groups (broad SMARTS) is 1. The molecule has 0 saturated heterocycles. The smallest absolute Gasteiger partial charge is 0.419 e. The summed E-state index contributed by atoms with van der Waals surface area (Å²) in [5.41, 5.74) is -0.923. The first-order valence-electron chi connectivity index (χ1n) is 4.57. The number of ether oxygens (including phenoxy) is 1. The van der Waals surface area contributed by atoms with E-state index in [9.17, 15) is 22.4 Å². The lowest BCUT2D eigenvalue weighted by Crippen LogP contribution is -2.27. The van der Waals surface area contributed by atoms with Gasteiger partial charge in [-0.2, -0.15) is 13.2 Å². The van der Waals surface area contributed by atoms with Crippen LogP contribution in [0.1, 0.15) is 11.7 Å². The fourth-order valence-corrected chi connectivity index (χ4v) is 1.52. The molecule has 0 heterocycles. The predicted molar refractivity (Wildman–Crippen MR) is 53.8 cm³/mol. The Balaban J connectivity index is 3.14. The van der Waals surface area contributed by atoms with E-state index in [4.69, 9.17) is 16.7 Å². The maximum atomic E-state index is 13.3. The van der Waals surface area contributed by atoms with E-state index in [1.54, 1.807) is 0 Å². The second-order valence-corrected chi connectivity index (χ2v) is 3.67. The highest BCUT2D eigenvalue weighted by Gasteiger charge is 2.44. The molecule has 8 heteroatoms. The van der Waals surface area contributed by atoms with E-state index in [1.165, 1.54) is 0 Å². The molecule has 1 rings (SSSR count). The maximum absolute atomic E-state index is 13.3. The minimum atomic E-state index is -4.97. The van der Waals surface area contributed by atoms with Gasteiger partial charge in [-0.25, -0.2) is 9.18 Å². The second-order valence-electron chi connectivity index (χ2n) is 3.26. The molecule has 0 spiro atoms. The van der Waals surface area contributed by atoms with Crippen molar-refractivity contribution >= 4 is 17.6 Å². The van der Waals surface area contributed by atoms with Crippen molar-refractivity contribution < 1.29 is 32.2 Å². The monoisotopic (exact) mass is 286 g/mol. The van der Waals surface area contributed by atoms with E-state index in [-0.39, 0.29) is 0 Å². The third kappa shape index (κ3) is 3.58. The lowest BCUT2D eigenvalue weighted by Gasteiger charge is -2.21. The Bertz CT molecular complexity index is 427. The van der Waals surface area contributed by atoms with Crippen molar-refractivity contribution in [3.8, 4) is 0 Å². The van der Waals surface area contributed by atoms with Crippen molar-refractivity contribution in [1.29, 1.82) is 0 Å². The number of hydrogen-bond donors (Lipinski definition) is 1. The number of hydrogen-bond acceptors (Lipinski definition) is 2. The lowest BCUT2D eigenvalue weighted by atomic mass is 10.1. The summed E-state index contributed by atoms with van der Waals surface area (Å²) >= 11 is 5.48. The standard InChI is InChI=1S/C10H7ClF4O3/c11-5-2-1-3-6(12)8(5)9(10(13,14)15)18-4-7(16)17/h1-3,9H,4H2,(H,16,17)/t9-/m1/s1. The van der Waals surface area contributed by atoms with Crippen LogP contribution >= 0.6 is 11.6 Å². The molecule has 100 valence electrons. The zero-order valence-corrected chi connectivity index (χ0v) is 9.43. The zero-order chi connectivity index (χ0) is 13.9. The zero-order valence-electron chi connectivity index (χ0n) is 8.67. The highest BCUT2D eigenvalue weighted by atomic mass is 35.5. The van der Waals surface area contributed by atoms with Crippen LogP contribution in [0.2, 0.25) is 5.02 Å². The van der Waals surface area contributed by atoms with Gasteiger partial charge in [-0.15, -0.1) is 0 Å². The fourth-order valence-electron chi connectivity index (χ4n) is 1.26. The molecule has 0 aliphatic rings. The van der Waals surface area contributed by atoms with E-state index >= 15 is 0 Å². The van der Waals surface area contributed by atoms with E-state index in [1.807, 2.05) is 0 Å². The van der Waals surface area contributed by atoms with Gasteiger partial charge >= 0.3 is 12.1 Å². The molecule has 0 amide bonds. The van der Waals surface area contributed by atoms with Crippen LogP contribution in [-0.4, -0.2) is 23.9 Å². The number of rotatable bonds is 4. The molecule has 0 aliphatic carbocycles. The molecule has 0 aromatic heterocycles. The summed E-state index contributed by atoms with van der Waals surface area (Å²) in [5.74, 6) is -2.81. The molecular weight excluding hydrogens is 280 g/mol. The van der Waals surface area contributed by atoms with E-state index in [2.05, 4.69) is 4.74 Å². The number of carbonyl (C=O) groups is 1. The van der Waals surface area contributed by atoms with Gasteiger partial charge in [0.25, 0.3) is 0 Å². The quantitative estimate of drug-likeness (QED) is 0.865. The number of carboxylic acids is 1. The second kappa shape index (κ2) is 5.53. The number of aliphatic carboxylic acids is 1. The van der Waals surface area contributed by atoms with Gasteiger partial charge in [-0.1, -0.05) is 17.7 Å². The molecular formula is C10H7ClF4O3. The Morgan fingerprint density at radius 2 is 2.06 bits per heavy atom. The molecule has 1 aromatic rings. The Morgan fingerprint density at radius 1 is 1.44 bits per heavy atom. The summed E-state index contributed by atoms with van der Waals surface area (Å²) in [6.07, 6.45) is -7.69. The molecule has 1 N–H and O–H groups in total. The third-order valence-electron chi connectivity index (χ3n) is 1.93. The van der Waals surface area contributed by atoms with Crippen LogP contribution in [0.15, 0.2) is 18.2 Å². The predicted octanol–water partition coefficient (Wildman–Crippen LogP) is 3.18. The summed E-state index contributed by atoms with van der Waals surface area (Å²) < 4.78 is 55.5. The molecule has 0 fully saturated rings. The van der Waals surface area contributed by atoms with E-state index < -0.39 is 41.3 Å². The molecule has 3 nitrogen and oxygen atoms in total. The summed E-state index contributed by atoms with van der Waals surface area (Å²) in [6.45, 7) is -1.21. The van der Waals surface area contributed by atoms with Crippen molar-refractivity contribution in [3.05, 3.63) is 34.6 Å². The van der Waals surface area contributed by atoms with Crippen LogP contribution in [0.4, 0.5) is 17.6 Å². The van der Waals surface area contributed by atoms with Crippen molar-refractivity contribution in [2.75, 3.05) is 6.61 Å². The van der Waals surface area contributed by atoms with Crippen LogP contribution in [0.25, 0.3) is 0 Å². The van der Waals surface area contributed by atoms with Crippen molar-refractivity contribution in [3.63, 3.8) is 0 Å². The third-order valence-corrected chi connectivity index (χ3v) is 2.26. The SMILES string of the molecule is O=C(O)CO[C@H](c1c(F)cccc1Cl)C(F)(F)F. The van der Waals surface area contributed by atoms with Crippen molar-refractivity contribution in [1.82, 2.24) is 0 Å². The van der Waals surface area contributed by atoms with Gasteiger partial charge in [0.15, 0.2) is 6.10 Å². The average molecular weight is 287 g/mol. The van der Waals surface area contributed by atoms with Crippen LogP contribution in [0.5, 0.6) is 0 Å². The summed E-state index contributed by atoms with van der Waals surface area (Å²) in [4.78, 5) is 10.2. The van der Waals surface area contributed by atoms with Gasteiger partial charge < -0.3 is 9.84 Å². The minimum absolute atomic E-state index is 0.484. The topological polar surface area (TPSA) is 46.5 Å². The molecule has 0 aliphatic heterocycles. The van der Waals surface area contributed by atoms with E-state index in [0.717, 1.165) is 18.2 Å². The van der Waals surface area contributed by atoms with Crippen LogP contribution < -0.4 is 0 Å². The minimum Gasteiger partial charge on any atom is -0.480 e. The highest BCUT2D eigenvalue weighted by Crippen LogP contribution is 2.40. The molecule has 0 saturated carbocycles. The molecule has 1 aromatic carbocycles. The van der Waals surface area contributed by atoms with Gasteiger partial charge in [0, 0.05) is 10.6 Å². The highest BCUT2D eigenvalue weighted by molar-refractivity contribution is 6.31. The van der Waals surface area contributed by atoms with Crippen molar-refractivity contribution in [2.24, 2.45) is 0 Å². The Morgan fingerprint density at radius 3 is 2.50 bits per heavy atom. The Kier molecular flexibility index (Phi) is 4.53. The molecule has 0 bridgehead atoms. The average Bonchev–Trinajstić information content (AvgIpc) is 2.20. The summed E-state index contributed by atoms with van der Waals surface area (Å²) in [5, 5.41) is 7.81. The van der Waals surface area contributed by atoms with Crippen LogP contribution in [-0.2, 0) is 9.53 Å². The molecule has 0 radical (unpaired) electrons. The normalized spacial score (nSPS) is 13.4. The first kappa shape index (κ1) is 14.7. The van der Waals surface area contributed by atoms with Gasteiger partial charge in [0.1, 0.15) is 12.4 Å². The molecule has 0 unspecified atom stereocenters. The maximum Gasteiger partial charge on any atom is 0.419 e. The van der Waals surface area contributed by atoms with Gasteiger partial charge in [0.05, 0.1) is 0 Å². The Hall–Kier alpha value is -1.34. The number of benzene rings is 1. The molecule has 1 atom stereocenters. The first-order chi connectivity index (χ1) is 8.23. The van der Waals surface area contributed by atoms with Crippen molar-refractivity contribution in [2.45, 2.75) is 12.3 Å². The van der Waals surface area contributed by atoms with Gasteiger partial charge in [0.2, 0.25) is 0 Å². The lowest BCUT2D eigenvalue weighted by molar-refractivity contribution is -0.225. The number of halogens is 5. The summed E-state index contributed by atoms with van der Waals surface area (Å²) in [7, 11) is 0. The first-order valence-corrected chi connectivity index (χ1v) is 4.95.